The number of carbonyl (C=O) groups is 1. The first kappa shape index (κ1) is 22.1. The smallest absolute Gasteiger partial charge is 0.225 e. The molecule has 174 valence electrons. The van der Waals surface area contributed by atoms with Crippen LogP contribution in [0.3, 0.4) is 0 Å². The van der Waals surface area contributed by atoms with Crippen LogP contribution in [0.25, 0.3) is 21.7 Å². The van der Waals surface area contributed by atoms with E-state index < -0.39 is 0 Å². The molecule has 0 unspecified atom stereocenters. The van der Waals surface area contributed by atoms with Crippen molar-refractivity contribution in [1.29, 1.82) is 0 Å². The quantitative estimate of drug-likeness (QED) is 0.433. The standard InChI is InChI=1S/C28H31N5O/c1-33(2)27-24-12-5-6-13-25(24)31-28(32-27)30-22-16-14-21(15-17-22)29-26(34)18-20-10-7-9-19-8-3-4-11-23(19)20/h3-13,21-22H,14-18H2,1-2H3,(H,29,34)(H,30,31,32). The van der Waals surface area contributed by atoms with Crippen LogP contribution in [0.5, 0.6) is 0 Å². The van der Waals surface area contributed by atoms with E-state index in [4.69, 9.17) is 9.97 Å². The van der Waals surface area contributed by atoms with Gasteiger partial charge in [0.05, 0.1) is 11.9 Å². The minimum atomic E-state index is 0.0984. The van der Waals surface area contributed by atoms with E-state index in [0.717, 1.165) is 53.4 Å². The molecular weight excluding hydrogens is 422 g/mol. The Morgan fingerprint density at radius 1 is 0.853 bits per heavy atom. The third kappa shape index (κ3) is 4.81. The maximum absolute atomic E-state index is 12.8. The zero-order chi connectivity index (χ0) is 23.5. The van der Waals surface area contributed by atoms with Gasteiger partial charge in [-0.25, -0.2) is 4.98 Å². The van der Waals surface area contributed by atoms with Crippen molar-refractivity contribution < 1.29 is 4.79 Å². The lowest BCUT2D eigenvalue weighted by Gasteiger charge is -2.30. The zero-order valence-corrected chi connectivity index (χ0v) is 19.8. The molecule has 0 spiro atoms. The van der Waals surface area contributed by atoms with Gasteiger partial charge in [0, 0.05) is 31.6 Å². The lowest BCUT2D eigenvalue weighted by molar-refractivity contribution is -0.121. The summed E-state index contributed by atoms with van der Waals surface area (Å²) in [5, 5.41) is 10.2. The number of amides is 1. The molecule has 1 heterocycles. The third-order valence-corrected chi connectivity index (χ3v) is 6.66. The number of hydrogen-bond donors (Lipinski definition) is 2. The van der Waals surface area contributed by atoms with Gasteiger partial charge >= 0.3 is 0 Å². The van der Waals surface area contributed by atoms with E-state index in [9.17, 15) is 4.79 Å². The molecule has 5 rings (SSSR count). The number of aromatic nitrogens is 2. The minimum absolute atomic E-state index is 0.0984. The second kappa shape index (κ2) is 9.67. The van der Waals surface area contributed by atoms with Gasteiger partial charge in [0.1, 0.15) is 5.82 Å². The highest BCUT2D eigenvalue weighted by Crippen LogP contribution is 2.26. The van der Waals surface area contributed by atoms with Crippen LogP contribution in [0.15, 0.2) is 66.7 Å². The Balaban J connectivity index is 1.18. The van der Waals surface area contributed by atoms with Crippen molar-refractivity contribution in [2.45, 2.75) is 44.2 Å². The van der Waals surface area contributed by atoms with E-state index >= 15 is 0 Å². The Hall–Kier alpha value is -3.67. The first-order valence-electron chi connectivity index (χ1n) is 12.0. The molecule has 0 bridgehead atoms. The average Bonchev–Trinajstić information content (AvgIpc) is 2.85. The molecular formula is C28H31N5O. The monoisotopic (exact) mass is 453 g/mol. The summed E-state index contributed by atoms with van der Waals surface area (Å²) in [7, 11) is 4.01. The Morgan fingerprint density at radius 3 is 2.32 bits per heavy atom. The summed E-state index contributed by atoms with van der Waals surface area (Å²) in [5.41, 5.74) is 2.02. The lowest BCUT2D eigenvalue weighted by atomic mass is 9.91. The number of carbonyl (C=O) groups excluding carboxylic acids is 1. The van der Waals surface area contributed by atoms with Crippen LogP contribution >= 0.6 is 0 Å². The zero-order valence-electron chi connectivity index (χ0n) is 19.8. The van der Waals surface area contributed by atoms with Crippen molar-refractivity contribution in [2.75, 3.05) is 24.3 Å². The van der Waals surface area contributed by atoms with E-state index in [1.54, 1.807) is 0 Å². The van der Waals surface area contributed by atoms with E-state index in [-0.39, 0.29) is 11.9 Å². The molecule has 2 N–H and O–H groups in total. The highest BCUT2D eigenvalue weighted by Gasteiger charge is 2.23. The predicted molar refractivity (Wildman–Crippen MR) is 139 cm³/mol. The molecule has 3 aromatic carbocycles. The predicted octanol–water partition coefficient (Wildman–Crippen LogP) is 4.93. The molecule has 1 saturated carbocycles. The average molecular weight is 454 g/mol. The van der Waals surface area contributed by atoms with Crippen molar-refractivity contribution in [1.82, 2.24) is 15.3 Å². The maximum atomic E-state index is 12.8. The van der Waals surface area contributed by atoms with Gasteiger partial charge in [0.25, 0.3) is 0 Å². The van der Waals surface area contributed by atoms with Crippen LogP contribution in [-0.2, 0) is 11.2 Å². The number of para-hydroxylation sites is 1. The van der Waals surface area contributed by atoms with Crippen molar-refractivity contribution in [3.63, 3.8) is 0 Å². The largest absolute Gasteiger partial charge is 0.362 e. The Labute approximate surface area is 200 Å². The molecule has 1 aliphatic carbocycles. The van der Waals surface area contributed by atoms with E-state index in [1.807, 2.05) is 61.5 Å². The Bertz CT molecular complexity index is 1310. The molecule has 0 aliphatic heterocycles. The molecule has 1 aliphatic rings. The number of nitrogens with one attached hydrogen (secondary N) is 2. The maximum Gasteiger partial charge on any atom is 0.225 e. The topological polar surface area (TPSA) is 70.2 Å². The Morgan fingerprint density at radius 2 is 1.53 bits per heavy atom. The fraction of sp³-hybridized carbons (Fsp3) is 0.321. The van der Waals surface area contributed by atoms with E-state index in [0.29, 0.717) is 18.4 Å². The van der Waals surface area contributed by atoms with E-state index in [2.05, 4.69) is 34.9 Å². The molecule has 1 amide bonds. The molecule has 6 nitrogen and oxygen atoms in total. The molecule has 0 radical (unpaired) electrons. The van der Waals surface area contributed by atoms with Crippen LogP contribution in [-0.4, -0.2) is 42.1 Å². The van der Waals surface area contributed by atoms with Crippen molar-refractivity contribution in [3.8, 4) is 0 Å². The van der Waals surface area contributed by atoms with Crippen LogP contribution in [0.2, 0.25) is 0 Å². The van der Waals surface area contributed by atoms with Crippen molar-refractivity contribution in [2.24, 2.45) is 0 Å². The van der Waals surface area contributed by atoms with Gasteiger partial charge in [-0.05, 0) is 54.2 Å². The van der Waals surface area contributed by atoms with Crippen LogP contribution in [0.4, 0.5) is 11.8 Å². The van der Waals surface area contributed by atoms with Crippen LogP contribution < -0.4 is 15.5 Å². The summed E-state index contributed by atoms with van der Waals surface area (Å²) >= 11 is 0. The highest BCUT2D eigenvalue weighted by atomic mass is 16.1. The van der Waals surface area contributed by atoms with Gasteiger partial charge < -0.3 is 15.5 Å². The number of benzene rings is 3. The van der Waals surface area contributed by atoms with Crippen LogP contribution in [0.1, 0.15) is 31.2 Å². The SMILES string of the molecule is CN(C)c1nc(NC2CCC(NC(=O)Cc3cccc4ccccc34)CC2)nc2ccccc12. The minimum Gasteiger partial charge on any atom is -0.362 e. The van der Waals surface area contributed by atoms with Gasteiger partial charge in [-0.2, -0.15) is 4.98 Å². The second-order valence-electron chi connectivity index (χ2n) is 9.36. The van der Waals surface area contributed by atoms with Gasteiger partial charge in [0.15, 0.2) is 0 Å². The summed E-state index contributed by atoms with van der Waals surface area (Å²) < 4.78 is 0. The summed E-state index contributed by atoms with van der Waals surface area (Å²) in [6, 6.07) is 23.0. The molecule has 1 fully saturated rings. The summed E-state index contributed by atoms with van der Waals surface area (Å²) in [5.74, 6) is 1.69. The molecule has 1 aromatic heterocycles. The van der Waals surface area contributed by atoms with Crippen molar-refractivity contribution >= 4 is 39.3 Å². The summed E-state index contributed by atoms with van der Waals surface area (Å²) in [6.45, 7) is 0. The van der Waals surface area contributed by atoms with Gasteiger partial charge in [0.2, 0.25) is 11.9 Å². The number of anilines is 2. The normalized spacial score (nSPS) is 18.1. The molecule has 0 atom stereocenters. The summed E-state index contributed by atoms with van der Waals surface area (Å²) in [6.07, 6.45) is 4.28. The first-order valence-corrected chi connectivity index (χ1v) is 12.0. The van der Waals surface area contributed by atoms with Crippen LogP contribution in [0, 0.1) is 0 Å². The van der Waals surface area contributed by atoms with Gasteiger partial charge in [-0.1, -0.05) is 54.6 Å². The fourth-order valence-electron chi connectivity index (χ4n) is 4.93. The van der Waals surface area contributed by atoms with E-state index in [1.165, 1.54) is 5.39 Å². The summed E-state index contributed by atoms with van der Waals surface area (Å²) in [4.78, 5) is 24.3. The van der Waals surface area contributed by atoms with Gasteiger partial charge in [-0.15, -0.1) is 0 Å². The molecule has 34 heavy (non-hydrogen) atoms. The number of nitrogens with zero attached hydrogens (tertiary/aromatic N) is 3. The lowest BCUT2D eigenvalue weighted by Crippen LogP contribution is -2.41. The number of rotatable bonds is 6. The molecule has 6 heteroatoms. The first-order chi connectivity index (χ1) is 16.6. The Kier molecular flexibility index (Phi) is 6.30. The highest BCUT2D eigenvalue weighted by molar-refractivity contribution is 5.91. The fourth-order valence-corrected chi connectivity index (χ4v) is 4.93. The number of hydrogen-bond acceptors (Lipinski definition) is 5. The molecule has 0 saturated heterocycles. The number of fused-ring (bicyclic) bond motifs is 2. The van der Waals surface area contributed by atoms with Crippen molar-refractivity contribution in [3.05, 3.63) is 72.3 Å². The molecule has 4 aromatic rings. The second-order valence-corrected chi connectivity index (χ2v) is 9.36. The van der Waals surface area contributed by atoms with Gasteiger partial charge in [-0.3, -0.25) is 4.79 Å². The third-order valence-electron chi connectivity index (χ3n) is 6.66.